The molecule has 0 atom stereocenters. The van der Waals surface area contributed by atoms with E-state index in [4.69, 9.17) is 4.74 Å². The molecule has 1 aliphatic carbocycles. The molecule has 1 aromatic carbocycles. The van der Waals surface area contributed by atoms with Crippen LogP contribution in [0.25, 0.3) is 0 Å². The second-order valence-electron chi connectivity index (χ2n) is 5.02. The molecule has 0 saturated heterocycles. The van der Waals surface area contributed by atoms with Crippen LogP contribution in [0.2, 0.25) is 0 Å². The van der Waals surface area contributed by atoms with Crippen molar-refractivity contribution < 1.29 is 9.53 Å². The van der Waals surface area contributed by atoms with Gasteiger partial charge in [0.05, 0.1) is 12.7 Å². The summed E-state index contributed by atoms with van der Waals surface area (Å²) in [6.45, 7) is 0.670. The second kappa shape index (κ2) is 5.67. The fourth-order valence-electron chi connectivity index (χ4n) is 2.23. The first-order valence-electron chi connectivity index (χ1n) is 6.74. The van der Waals surface area contributed by atoms with Gasteiger partial charge in [-0.1, -0.05) is 12.1 Å². The van der Waals surface area contributed by atoms with Crippen molar-refractivity contribution >= 4 is 17.2 Å². The van der Waals surface area contributed by atoms with Gasteiger partial charge in [0, 0.05) is 18.0 Å². The van der Waals surface area contributed by atoms with Gasteiger partial charge in [-0.25, -0.2) is 0 Å². The number of rotatable bonds is 5. The third-order valence-electron chi connectivity index (χ3n) is 3.53. The van der Waals surface area contributed by atoms with Gasteiger partial charge in [0.2, 0.25) is 0 Å². The van der Waals surface area contributed by atoms with E-state index in [1.807, 2.05) is 46.0 Å². The van der Waals surface area contributed by atoms with Crippen molar-refractivity contribution in [2.24, 2.45) is 0 Å². The SMILES string of the molecule is COc1ccc(CN(C(=O)c2ccsc2)C2CC2)cc1. The lowest BCUT2D eigenvalue weighted by Crippen LogP contribution is -2.32. The number of nitrogens with zero attached hydrogens (tertiary/aromatic N) is 1. The normalized spacial score (nSPS) is 14.1. The van der Waals surface area contributed by atoms with Crippen LogP contribution in [0.15, 0.2) is 41.1 Å². The van der Waals surface area contributed by atoms with Crippen molar-refractivity contribution in [2.75, 3.05) is 7.11 Å². The van der Waals surface area contributed by atoms with Crippen LogP contribution in [-0.4, -0.2) is 24.0 Å². The molecule has 0 aliphatic heterocycles. The van der Waals surface area contributed by atoms with Crippen LogP contribution in [0, 0.1) is 0 Å². The maximum absolute atomic E-state index is 12.5. The lowest BCUT2D eigenvalue weighted by molar-refractivity contribution is 0.0730. The fourth-order valence-corrected chi connectivity index (χ4v) is 2.86. The highest BCUT2D eigenvalue weighted by molar-refractivity contribution is 7.08. The maximum Gasteiger partial charge on any atom is 0.255 e. The zero-order valence-corrected chi connectivity index (χ0v) is 12.2. The van der Waals surface area contributed by atoms with Gasteiger partial charge >= 0.3 is 0 Å². The Balaban J connectivity index is 1.75. The predicted octanol–water partition coefficient (Wildman–Crippen LogP) is 3.56. The minimum atomic E-state index is 0.143. The highest BCUT2D eigenvalue weighted by Crippen LogP contribution is 2.30. The number of ether oxygens (including phenoxy) is 1. The van der Waals surface area contributed by atoms with Crippen molar-refractivity contribution in [1.82, 2.24) is 4.90 Å². The van der Waals surface area contributed by atoms with E-state index in [0.717, 1.165) is 29.7 Å². The van der Waals surface area contributed by atoms with Crippen LogP contribution in [0.1, 0.15) is 28.8 Å². The predicted molar refractivity (Wildman–Crippen MR) is 80.2 cm³/mol. The molecular formula is C16H17NO2S. The Morgan fingerprint density at radius 2 is 2.05 bits per heavy atom. The molecule has 0 radical (unpaired) electrons. The topological polar surface area (TPSA) is 29.5 Å². The quantitative estimate of drug-likeness (QED) is 0.841. The van der Waals surface area contributed by atoms with E-state index in [1.165, 1.54) is 0 Å². The van der Waals surface area contributed by atoms with Crippen molar-refractivity contribution in [2.45, 2.75) is 25.4 Å². The number of hydrogen-bond acceptors (Lipinski definition) is 3. The highest BCUT2D eigenvalue weighted by Gasteiger charge is 2.33. The van der Waals surface area contributed by atoms with Crippen LogP contribution in [-0.2, 0) is 6.54 Å². The van der Waals surface area contributed by atoms with Gasteiger partial charge < -0.3 is 9.64 Å². The molecule has 1 amide bonds. The van der Waals surface area contributed by atoms with Gasteiger partial charge in [0.1, 0.15) is 5.75 Å². The highest BCUT2D eigenvalue weighted by atomic mass is 32.1. The Bertz CT molecular complexity index is 573. The number of hydrogen-bond donors (Lipinski definition) is 0. The Kier molecular flexibility index (Phi) is 3.74. The van der Waals surface area contributed by atoms with Crippen molar-refractivity contribution in [3.05, 3.63) is 52.2 Å². The van der Waals surface area contributed by atoms with Crippen LogP contribution >= 0.6 is 11.3 Å². The van der Waals surface area contributed by atoms with E-state index in [-0.39, 0.29) is 5.91 Å². The summed E-state index contributed by atoms with van der Waals surface area (Å²) < 4.78 is 5.16. The molecule has 20 heavy (non-hydrogen) atoms. The van der Waals surface area contributed by atoms with Gasteiger partial charge in [-0.05, 0) is 42.0 Å². The molecule has 0 bridgehead atoms. The summed E-state index contributed by atoms with van der Waals surface area (Å²) in [5.41, 5.74) is 1.94. The summed E-state index contributed by atoms with van der Waals surface area (Å²) >= 11 is 1.56. The zero-order valence-electron chi connectivity index (χ0n) is 11.4. The third-order valence-corrected chi connectivity index (χ3v) is 4.21. The molecule has 0 N–H and O–H groups in total. The Morgan fingerprint density at radius 3 is 2.60 bits per heavy atom. The van der Waals surface area contributed by atoms with Crippen LogP contribution in [0.3, 0.4) is 0 Å². The zero-order chi connectivity index (χ0) is 13.9. The molecule has 3 rings (SSSR count). The standard InChI is InChI=1S/C16H17NO2S/c1-19-15-6-2-12(3-7-15)10-17(14-4-5-14)16(18)13-8-9-20-11-13/h2-3,6-9,11,14H,4-5,10H2,1H3. The molecular weight excluding hydrogens is 270 g/mol. The summed E-state index contributed by atoms with van der Waals surface area (Å²) in [5, 5.41) is 3.87. The van der Waals surface area contributed by atoms with Gasteiger partial charge in [-0.3, -0.25) is 4.79 Å². The number of amides is 1. The number of carbonyl (C=O) groups excluding carboxylic acids is 1. The van der Waals surface area contributed by atoms with E-state index < -0.39 is 0 Å². The molecule has 2 aromatic rings. The fraction of sp³-hybridized carbons (Fsp3) is 0.312. The second-order valence-corrected chi connectivity index (χ2v) is 5.80. The molecule has 0 unspecified atom stereocenters. The molecule has 4 heteroatoms. The van der Waals surface area contributed by atoms with E-state index in [1.54, 1.807) is 18.4 Å². The van der Waals surface area contributed by atoms with Crippen molar-refractivity contribution in [3.8, 4) is 5.75 Å². The van der Waals surface area contributed by atoms with E-state index >= 15 is 0 Å². The molecule has 1 aliphatic rings. The minimum absolute atomic E-state index is 0.143. The smallest absolute Gasteiger partial charge is 0.255 e. The van der Waals surface area contributed by atoms with E-state index in [0.29, 0.717) is 12.6 Å². The molecule has 1 heterocycles. The van der Waals surface area contributed by atoms with E-state index in [2.05, 4.69) is 0 Å². The number of methoxy groups -OCH3 is 1. The lowest BCUT2D eigenvalue weighted by atomic mass is 10.2. The largest absolute Gasteiger partial charge is 0.497 e. The molecule has 3 nitrogen and oxygen atoms in total. The number of thiophene rings is 1. The summed E-state index contributed by atoms with van der Waals surface area (Å²) in [7, 11) is 1.66. The average molecular weight is 287 g/mol. The van der Waals surface area contributed by atoms with Crippen LogP contribution < -0.4 is 4.74 Å². The van der Waals surface area contributed by atoms with Gasteiger partial charge in [0.15, 0.2) is 0 Å². The van der Waals surface area contributed by atoms with Gasteiger partial charge in [-0.2, -0.15) is 11.3 Å². The van der Waals surface area contributed by atoms with E-state index in [9.17, 15) is 4.79 Å². The first kappa shape index (κ1) is 13.2. The Hall–Kier alpha value is -1.81. The average Bonchev–Trinajstić information content (AvgIpc) is 3.18. The summed E-state index contributed by atoms with van der Waals surface area (Å²) in [6, 6.07) is 10.2. The monoisotopic (exact) mass is 287 g/mol. The third kappa shape index (κ3) is 2.85. The van der Waals surface area contributed by atoms with Gasteiger partial charge in [0.25, 0.3) is 5.91 Å². The molecule has 1 saturated carbocycles. The minimum Gasteiger partial charge on any atom is -0.497 e. The van der Waals surface area contributed by atoms with Crippen LogP contribution in [0.5, 0.6) is 5.75 Å². The van der Waals surface area contributed by atoms with Crippen molar-refractivity contribution in [1.29, 1.82) is 0 Å². The maximum atomic E-state index is 12.5. The summed E-state index contributed by atoms with van der Waals surface area (Å²) in [5.74, 6) is 0.987. The lowest BCUT2D eigenvalue weighted by Gasteiger charge is -2.22. The molecule has 1 fully saturated rings. The Morgan fingerprint density at radius 1 is 1.30 bits per heavy atom. The first-order chi connectivity index (χ1) is 9.78. The number of benzene rings is 1. The molecule has 1 aromatic heterocycles. The molecule has 104 valence electrons. The summed E-state index contributed by atoms with van der Waals surface area (Å²) in [6.07, 6.45) is 2.23. The first-order valence-corrected chi connectivity index (χ1v) is 7.68. The molecule has 0 spiro atoms. The van der Waals surface area contributed by atoms with Gasteiger partial charge in [-0.15, -0.1) is 0 Å². The Labute approximate surface area is 122 Å². The van der Waals surface area contributed by atoms with Crippen molar-refractivity contribution in [3.63, 3.8) is 0 Å². The summed E-state index contributed by atoms with van der Waals surface area (Å²) in [4.78, 5) is 14.5. The number of carbonyl (C=O) groups is 1. The van der Waals surface area contributed by atoms with Crippen LogP contribution in [0.4, 0.5) is 0 Å².